The minimum Gasteiger partial charge on any atom is -0.466 e. The van der Waals surface area contributed by atoms with Crippen LogP contribution in [0.2, 0.25) is 0 Å². The van der Waals surface area contributed by atoms with Crippen LogP contribution in [-0.2, 0) is 49.5 Å². The van der Waals surface area contributed by atoms with Gasteiger partial charge in [-0.1, -0.05) is 94.4 Å². The Morgan fingerprint density at radius 3 is 1.98 bits per heavy atom. The monoisotopic (exact) mass is 908 g/mol. The summed E-state index contributed by atoms with van der Waals surface area (Å²) in [5.41, 5.74) is 1.41. The van der Waals surface area contributed by atoms with E-state index in [0.717, 1.165) is 49.9 Å². The van der Waals surface area contributed by atoms with Gasteiger partial charge in [0.1, 0.15) is 24.7 Å². The topological polar surface area (TPSA) is 231 Å². The van der Waals surface area contributed by atoms with Gasteiger partial charge in [0.2, 0.25) is 35.6 Å². The molecule has 0 saturated carbocycles. The maximum Gasteiger partial charge on any atom is 0.411 e. The number of likely N-dealkylation sites (N-methyl/N-ethyl adjacent to an activating group) is 1. The molecule has 0 aliphatic rings. The average Bonchev–Trinajstić information content (AvgIpc) is 3.28. The molecular formula is C49H60N6O11. The Bertz CT molecular complexity index is 2510. The SMILES string of the molecule is COC(=O)C(OC(=O)N(C)CC(=O)NCc1ccc2ccc3cccc4ccc1c2c34)c1ccc(NC(=O)[C@H](C)NC(=O)[C@@H](NC(=O)[C@H](CCC(O)OCC(C)C)NC(C)=O)C(C)C)cc1. The van der Waals surface area contributed by atoms with Crippen LogP contribution in [-0.4, -0.2) is 103 Å². The number of methoxy groups -OCH3 is 1. The van der Waals surface area contributed by atoms with Crippen molar-refractivity contribution >= 4 is 79.6 Å². The zero-order valence-electron chi connectivity index (χ0n) is 38.6. The number of hydrogen-bond donors (Lipinski definition) is 6. The molecule has 0 aliphatic heterocycles. The van der Waals surface area contributed by atoms with E-state index in [1.807, 2.05) is 38.1 Å². The van der Waals surface area contributed by atoms with Gasteiger partial charge >= 0.3 is 12.1 Å². The van der Waals surface area contributed by atoms with Gasteiger partial charge in [-0.25, -0.2) is 9.59 Å². The Hall–Kier alpha value is -6.85. The molecule has 0 bridgehead atoms. The fraction of sp³-hybridized carbons (Fsp3) is 0.408. The first-order valence-corrected chi connectivity index (χ1v) is 21.9. The first kappa shape index (κ1) is 50.2. The first-order valence-electron chi connectivity index (χ1n) is 21.9. The first-order chi connectivity index (χ1) is 31.4. The summed E-state index contributed by atoms with van der Waals surface area (Å²) in [6, 6.07) is 21.1. The second kappa shape index (κ2) is 22.9. The molecule has 352 valence electrons. The Labute approximate surface area is 383 Å². The van der Waals surface area contributed by atoms with Crippen molar-refractivity contribution in [3.05, 3.63) is 90.0 Å². The minimum absolute atomic E-state index is 0.0407. The van der Waals surface area contributed by atoms with Crippen molar-refractivity contribution in [1.82, 2.24) is 26.2 Å². The largest absolute Gasteiger partial charge is 0.466 e. The van der Waals surface area contributed by atoms with E-state index in [1.54, 1.807) is 13.8 Å². The highest BCUT2D eigenvalue weighted by Crippen LogP contribution is 2.36. The molecule has 6 N–H and O–H groups in total. The van der Waals surface area contributed by atoms with Crippen LogP contribution in [0.4, 0.5) is 10.5 Å². The van der Waals surface area contributed by atoms with Gasteiger partial charge in [0.05, 0.1) is 13.7 Å². The molecule has 5 atom stereocenters. The summed E-state index contributed by atoms with van der Waals surface area (Å²) in [6.45, 7) is 10.1. The van der Waals surface area contributed by atoms with Gasteiger partial charge in [-0.05, 0) is 75.2 Å². The van der Waals surface area contributed by atoms with Gasteiger partial charge in [-0.3, -0.25) is 24.0 Å². The molecule has 0 fully saturated rings. The fourth-order valence-electron chi connectivity index (χ4n) is 7.39. The summed E-state index contributed by atoms with van der Waals surface area (Å²) in [6.07, 6.45) is -3.52. The normalized spacial score (nSPS) is 13.7. The highest BCUT2D eigenvalue weighted by atomic mass is 16.6. The number of amides is 6. The van der Waals surface area contributed by atoms with Crippen LogP contribution in [0.15, 0.2) is 78.9 Å². The number of rotatable bonds is 21. The van der Waals surface area contributed by atoms with Crippen LogP contribution in [0.1, 0.15) is 71.6 Å². The van der Waals surface area contributed by atoms with E-state index in [2.05, 4.69) is 56.9 Å². The quantitative estimate of drug-likeness (QED) is 0.0325. The van der Waals surface area contributed by atoms with Crippen molar-refractivity contribution in [3.63, 3.8) is 0 Å². The maximum absolute atomic E-state index is 13.4. The van der Waals surface area contributed by atoms with Gasteiger partial charge in [0.25, 0.3) is 0 Å². The smallest absolute Gasteiger partial charge is 0.411 e. The third-order valence-electron chi connectivity index (χ3n) is 10.9. The molecule has 0 spiro atoms. The molecule has 6 amide bonds. The number of aliphatic hydroxyl groups excluding tert-OH is 1. The van der Waals surface area contributed by atoms with Crippen molar-refractivity contribution in [3.8, 4) is 0 Å². The molecule has 0 radical (unpaired) electrons. The Balaban J connectivity index is 1.13. The third-order valence-corrected chi connectivity index (χ3v) is 10.9. The van der Waals surface area contributed by atoms with E-state index in [-0.39, 0.29) is 43.1 Å². The van der Waals surface area contributed by atoms with Crippen molar-refractivity contribution in [1.29, 1.82) is 0 Å². The summed E-state index contributed by atoms with van der Waals surface area (Å²) in [7, 11) is 2.50. The predicted molar refractivity (Wildman–Crippen MR) is 249 cm³/mol. The lowest BCUT2D eigenvalue weighted by Crippen LogP contribution is -2.57. The lowest BCUT2D eigenvalue weighted by Gasteiger charge is -2.26. The van der Waals surface area contributed by atoms with Gasteiger partial charge in [0.15, 0.2) is 6.29 Å². The van der Waals surface area contributed by atoms with Crippen molar-refractivity contribution < 1.29 is 52.9 Å². The van der Waals surface area contributed by atoms with Gasteiger partial charge in [-0.2, -0.15) is 0 Å². The summed E-state index contributed by atoms with van der Waals surface area (Å²) >= 11 is 0. The van der Waals surface area contributed by atoms with Crippen LogP contribution in [0, 0.1) is 11.8 Å². The predicted octanol–water partition coefficient (Wildman–Crippen LogP) is 5.04. The summed E-state index contributed by atoms with van der Waals surface area (Å²) in [5, 5.41) is 30.2. The molecule has 5 aromatic carbocycles. The molecule has 66 heavy (non-hydrogen) atoms. The average molecular weight is 909 g/mol. The number of esters is 1. The fourth-order valence-corrected chi connectivity index (χ4v) is 7.39. The van der Waals surface area contributed by atoms with Crippen molar-refractivity contribution in [2.45, 2.75) is 91.4 Å². The van der Waals surface area contributed by atoms with Crippen LogP contribution in [0.25, 0.3) is 32.3 Å². The molecule has 0 aromatic heterocycles. The van der Waals surface area contributed by atoms with Crippen LogP contribution < -0.4 is 26.6 Å². The van der Waals surface area contributed by atoms with E-state index in [0.29, 0.717) is 6.61 Å². The molecule has 0 heterocycles. The van der Waals surface area contributed by atoms with E-state index >= 15 is 0 Å². The molecule has 5 aromatic rings. The van der Waals surface area contributed by atoms with Gasteiger partial charge < -0.3 is 50.8 Å². The number of benzene rings is 5. The highest BCUT2D eigenvalue weighted by molar-refractivity contribution is 6.23. The van der Waals surface area contributed by atoms with Crippen LogP contribution in [0.5, 0.6) is 0 Å². The molecule has 0 aliphatic carbocycles. The van der Waals surface area contributed by atoms with Crippen molar-refractivity contribution in [2.24, 2.45) is 11.8 Å². The lowest BCUT2D eigenvalue weighted by molar-refractivity contribution is -0.151. The number of nitrogens with one attached hydrogen (secondary N) is 5. The van der Waals surface area contributed by atoms with E-state index in [4.69, 9.17) is 14.2 Å². The zero-order valence-corrected chi connectivity index (χ0v) is 38.6. The second-order valence-electron chi connectivity index (χ2n) is 17.1. The van der Waals surface area contributed by atoms with Gasteiger partial charge in [-0.15, -0.1) is 0 Å². The number of carbonyl (C=O) groups excluding carboxylic acids is 7. The number of carbonyl (C=O) groups is 7. The highest BCUT2D eigenvalue weighted by Gasteiger charge is 2.31. The second-order valence-corrected chi connectivity index (χ2v) is 17.1. The number of aliphatic hydroxyl groups is 1. The number of anilines is 1. The number of ether oxygens (including phenoxy) is 3. The zero-order chi connectivity index (χ0) is 48.2. The minimum atomic E-state index is -1.51. The van der Waals surface area contributed by atoms with E-state index in [1.165, 1.54) is 45.2 Å². The van der Waals surface area contributed by atoms with E-state index in [9.17, 15) is 38.7 Å². The summed E-state index contributed by atoms with van der Waals surface area (Å²) in [5.74, 6) is -3.94. The number of hydrogen-bond acceptors (Lipinski definition) is 11. The standard InChI is InChI=1S/C49H60N6O11/c1-27(2)26-65-40(58)23-22-38(52-30(6)56)46(60)54-43(28(3)4)47(61)51-29(5)45(59)53-36-19-16-34(17-20-36)44(48(62)64-8)66-49(63)55(7)25-39(57)50-24-35-15-14-33-13-12-31-10-9-11-32-18-21-37(35)42(33)41(31)32/h9-21,27-29,38,40,43-44,58H,22-26H2,1-8H3,(H,50,57)(H,51,61)(H,52,56)(H,53,59)(H,54,60)/t29-,38-,40?,43-,44?/m0/s1. The molecule has 17 heteroatoms. The van der Waals surface area contributed by atoms with Crippen LogP contribution in [0.3, 0.4) is 0 Å². The summed E-state index contributed by atoms with van der Waals surface area (Å²) in [4.78, 5) is 91.9. The molecule has 2 unspecified atom stereocenters. The number of nitrogens with zero attached hydrogens (tertiary/aromatic N) is 1. The molecular weight excluding hydrogens is 849 g/mol. The van der Waals surface area contributed by atoms with E-state index < -0.39 is 78.0 Å². The Kier molecular flexibility index (Phi) is 17.4. The van der Waals surface area contributed by atoms with Crippen molar-refractivity contribution in [2.75, 3.05) is 32.6 Å². The van der Waals surface area contributed by atoms with Crippen LogP contribution >= 0.6 is 0 Å². The maximum atomic E-state index is 13.4. The Morgan fingerprint density at radius 1 is 0.727 bits per heavy atom. The molecule has 5 rings (SSSR count). The lowest BCUT2D eigenvalue weighted by atomic mass is 9.92. The van der Waals surface area contributed by atoms with Gasteiger partial charge in [0, 0.05) is 38.2 Å². The summed E-state index contributed by atoms with van der Waals surface area (Å²) < 4.78 is 15.8. The third kappa shape index (κ3) is 13.1. The molecule has 0 saturated heterocycles. The molecule has 17 nitrogen and oxygen atoms in total. The Morgan fingerprint density at radius 2 is 1.36 bits per heavy atom.